The average molecular weight is 1140 g/mol. The molecular formula is C54H92O25. The normalized spacial score (nSPS) is 52.1. The number of rotatable bonds is 18. The Balaban J connectivity index is 1.02. The predicted molar refractivity (Wildman–Crippen MR) is 269 cm³/mol. The Kier molecular flexibility index (Phi) is 19.6. The van der Waals surface area contributed by atoms with Crippen LogP contribution in [0.15, 0.2) is 12.2 Å². The molecule has 0 aromatic rings. The van der Waals surface area contributed by atoms with Gasteiger partial charge >= 0.3 is 0 Å². The summed E-state index contributed by atoms with van der Waals surface area (Å²) in [5.74, 6) is -0.841. The fourth-order valence-electron chi connectivity index (χ4n) is 16.4. The quantitative estimate of drug-likeness (QED) is 0.0287. The summed E-state index contributed by atoms with van der Waals surface area (Å²) in [6.07, 6.45) is -30.1. The zero-order valence-electron chi connectivity index (χ0n) is 46.3. The van der Waals surface area contributed by atoms with Crippen molar-refractivity contribution in [2.45, 2.75) is 253 Å². The van der Waals surface area contributed by atoms with Crippen LogP contribution in [0.1, 0.15) is 106 Å². The fraction of sp³-hybridized carbons (Fsp3) is 0.963. The van der Waals surface area contributed by atoms with Crippen molar-refractivity contribution in [2.75, 3.05) is 26.4 Å². The van der Waals surface area contributed by atoms with E-state index in [1.165, 1.54) is 0 Å². The zero-order valence-corrected chi connectivity index (χ0v) is 46.3. The van der Waals surface area contributed by atoms with Crippen molar-refractivity contribution in [2.24, 2.45) is 45.3 Å². The first-order valence-electron chi connectivity index (χ1n) is 28.2. The second kappa shape index (κ2) is 24.2. The zero-order chi connectivity index (χ0) is 58.2. The highest BCUT2D eigenvalue weighted by Crippen LogP contribution is 2.76. The van der Waals surface area contributed by atoms with Gasteiger partial charge in [-0.2, -0.15) is 0 Å². The molecule has 8 fully saturated rings. The Morgan fingerprint density at radius 3 is 1.66 bits per heavy atom. The molecule has 0 amide bonds. The molecule has 0 bridgehead atoms. The van der Waals surface area contributed by atoms with E-state index in [-0.39, 0.29) is 35.5 Å². The van der Waals surface area contributed by atoms with Crippen LogP contribution in [-0.2, 0) is 42.8 Å². The van der Waals surface area contributed by atoms with Gasteiger partial charge in [0.1, 0.15) is 104 Å². The van der Waals surface area contributed by atoms with Gasteiger partial charge in [0.25, 0.3) is 0 Å². The molecular weight excluding hydrogens is 1050 g/mol. The lowest BCUT2D eigenvalue weighted by Crippen LogP contribution is -2.68. The fourth-order valence-corrected chi connectivity index (χ4v) is 16.4. The number of aliphatic hydroxyl groups is 15. The molecule has 8 rings (SSSR count). The van der Waals surface area contributed by atoms with Gasteiger partial charge in [0.2, 0.25) is 0 Å². The van der Waals surface area contributed by atoms with Crippen LogP contribution in [0.5, 0.6) is 0 Å². The maximum atomic E-state index is 12.9. The van der Waals surface area contributed by atoms with E-state index < -0.39 is 196 Å². The smallest absolute Gasteiger partial charge is 0.187 e. The second-order valence-electron chi connectivity index (χ2n) is 25.9. The summed E-state index contributed by atoms with van der Waals surface area (Å²) in [4.78, 5) is 4.85. The molecule has 0 aromatic carbocycles. The monoisotopic (exact) mass is 1140 g/mol. The molecule has 4 saturated carbocycles. The van der Waals surface area contributed by atoms with Crippen LogP contribution >= 0.6 is 0 Å². The van der Waals surface area contributed by atoms with Gasteiger partial charge < -0.3 is 114 Å². The molecule has 0 radical (unpaired) electrons. The number of hydrogen-bond acceptors (Lipinski definition) is 25. The van der Waals surface area contributed by atoms with Crippen LogP contribution in [-0.4, -0.2) is 255 Å². The first-order chi connectivity index (χ1) is 37.0. The van der Waals surface area contributed by atoms with Crippen LogP contribution in [0, 0.1) is 45.3 Å². The van der Waals surface area contributed by atoms with Crippen molar-refractivity contribution in [1.29, 1.82) is 0 Å². The molecule has 458 valence electrons. The predicted octanol–water partition coefficient (Wildman–Crippen LogP) is -2.73. The minimum atomic E-state index is -1.83. The van der Waals surface area contributed by atoms with E-state index in [1.54, 1.807) is 6.92 Å². The molecule has 25 heteroatoms. The summed E-state index contributed by atoms with van der Waals surface area (Å²) in [6.45, 7) is 15.8. The Labute approximate surface area is 460 Å². The summed E-state index contributed by atoms with van der Waals surface area (Å²) >= 11 is 0. The Morgan fingerprint density at radius 1 is 0.582 bits per heavy atom. The summed E-state index contributed by atoms with van der Waals surface area (Å²) in [6, 6.07) is 0. The van der Waals surface area contributed by atoms with E-state index in [2.05, 4.69) is 41.2 Å². The standard InChI is InChI=1S/C54H92O25/c1-22(2)25(79-70)10-16-54(8,78-48-44(69)40(65)37(62)29(75-48)21-71-46-42(67)38(63)34(59)26(18-55)72-46)23-9-14-53(7)33(23)24(58)17-31-51(5)13-12-32(50(3,4)30(51)11-15-52(31,53)6)76-49-45(41(66)36(61)28(20-57)74-49)77-47-43(68)39(64)35(60)27(19-56)73-47/h23-49,55-70H,1,9-21H2,2-8H3/t23-,24-,25-,26-,27+,28+,29-,30-,31-,32+,33+,34+,35+,36-,37-,38+,39-,40-,41+,42+,43-,44-,45-,46-,47-,48-,49+,51-,52-,53+,54-/m0/s1. The third kappa shape index (κ3) is 11.2. The summed E-state index contributed by atoms with van der Waals surface area (Å²) in [7, 11) is 0. The van der Waals surface area contributed by atoms with Crippen molar-refractivity contribution < 1.29 is 125 Å². The number of hydrogen-bond donors (Lipinski definition) is 16. The van der Waals surface area contributed by atoms with E-state index in [4.69, 9.17) is 42.8 Å². The van der Waals surface area contributed by atoms with Crippen LogP contribution in [0.25, 0.3) is 0 Å². The van der Waals surface area contributed by atoms with Gasteiger partial charge in [-0.25, -0.2) is 4.89 Å². The van der Waals surface area contributed by atoms with E-state index in [1.807, 2.05) is 6.92 Å². The number of aliphatic hydroxyl groups excluding tert-OH is 15. The van der Waals surface area contributed by atoms with Gasteiger partial charge in [-0.3, -0.25) is 5.26 Å². The lowest BCUT2D eigenvalue weighted by Gasteiger charge is -2.71. The minimum Gasteiger partial charge on any atom is -0.394 e. The van der Waals surface area contributed by atoms with Gasteiger partial charge in [-0.1, -0.05) is 41.2 Å². The molecule has 0 spiro atoms. The third-order valence-electron chi connectivity index (χ3n) is 21.3. The van der Waals surface area contributed by atoms with Gasteiger partial charge in [-0.15, -0.1) is 0 Å². The average Bonchev–Trinajstić information content (AvgIpc) is 2.76. The van der Waals surface area contributed by atoms with Gasteiger partial charge in [0.15, 0.2) is 25.2 Å². The minimum absolute atomic E-state index is 0.00515. The second-order valence-corrected chi connectivity index (χ2v) is 25.9. The molecule has 79 heavy (non-hydrogen) atoms. The first kappa shape index (κ1) is 63.8. The van der Waals surface area contributed by atoms with Gasteiger partial charge in [0.05, 0.1) is 44.2 Å². The van der Waals surface area contributed by atoms with E-state index >= 15 is 0 Å². The highest BCUT2D eigenvalue weighted by atomic mass is 17.1. The molecule has 0 aromatic heterocycles. The van der Waals surface area contributed by atoms with Crippen molar-refractivity contribution in [1.82, 2.24) is 0 Å². The van der Waals surface area contributed by atoms with Crippen LogP contribution in [0.3, 0.4) is 0 Å². The third-order valence-corrected chi connectivity index (χ3v) is 21.3. The van der Waals surface area contributed by atoms with Crippen LogP contribution in [0.4, 0.5) is 0 Å². The molecule has 16 N–H and O–H groups in total. The molecule has 8 aliphatic rings. The van der Waals surface area contributed by atoms with Crippen LogP contribution in [0.2, 0.25) is 0 Å². The number of ether oxygens (including phenoxy) is 8. The summed E-state index contributed by atoms with van der Waals surface area (Å²) < 4.78 is 48.8. The lowest BCUT2D eigenvalue weighted by molar-refractivity contribution is -0.378. The maximum absolute atomic E-state index is 12.9. The molecule has 4 heterocycles. The molecule has 4 aliphatic heterocycles. The molecule has 31 atom stereocenters. The van der Waals surface area contributed by atoms with Crippen molar-refractivity contribution in [3.05, 3.63) is 12.2 Å². The van der Waals surface area contributed by atoms with Gasteiger partial charge in [-0.05, 0) is 123 Å². The number of fused-ring (bicyclic) bond motifs is 5. The topological polar surface area (TPSA) is 407 Å². The summed E-state index contributed by atoms with van der Waals surface area (Å²) in [5.41, 5.74) is -2.61. The Bertz CT molecular complexity index is 2040. The Morgan fingerprint density at radius 2 is 1.09 bits per heavy atom. The van der Waals surface area contributed by atoms with E-state index in [0.29, 0.717) is 37.7 Å². The highest BCUT2D eigenvalue weighted by Gasteiger charge is 2.72. The van der Waals surface area contributed by atoms with Crippen molar-refractivity contribution in [3.63, 3.8) is 0 Å². The highest BCUT2D eigenvalue weighted by molar-refractivity contribution is 5.21. The van der Waals surface area contributed by atoms with E-state index in [9.17, 15) is 81.9 Å². The lowest BCUT2D eigenvalue weighted by atomic mass is 9.35. The molecule has 25 nitrogen and oxygen atoms in total. The molecule has 4 aliphatic carbocycles. The van der Waals surface area contributed by atoms with E-state index in [0.717, 1.165) is 12.8 Å². The van der Waals surface area contributed by atoms with Gasteiger partial charge in [0, 0.05) is 0 Å². The molecule has 0 unspecified atom stereocenters. The SMILES string of the molecule is C=C(C)[C@H](CC[C@](C)(O[C@@H]1O[C@@H](CO[C@H]2O[C@@H](CO)[C@@H](O)[C@@H](O)[C@H]2O)[C@H](O)[C@H](O)[C@@H]1O)[C@H]1CC[C@]2(C)[C@H]1[C@@H](O)C[C@H]1[C@@]3(C)CC[C@@H](O[C@H]4O[C@H](CO)[C@H](O)[C@@H](O)[C@@H]4O[C@@H]4O[C@H](CO)[C@@H](O)[C@H](O)[C@@H]4O)C(C)(C)[C@@H]3CC[C@@]12C)OO. The first-order valence-corrected chi connectivity index (χ1v) is 28.2. The van der Waals surface area contributed by atoms with Crippen LogP contribution < -0.4 is 0 Å². The Hall–Kier alpha value is -1.26. The van der Waals surface area contributed by atoms with Crippen molar-refractivity contribution >= 4 is 0 Å². The largest absolute Gasteiger partial charge is 0.394 e. The van der Waals surface area contributed by atoms with Crippen molar-refractivity contribution in [3.8, 4) is 0 Å². The summed E-state index contributed by atoms with van der Waals surface area (Å²) in [5, 5.41) is 172. The maximum Gasteiger partial charge on any atom is 0.187 e. The molecule has 4 saturated heterocycles.